The van der Waals surface area contributed by atoms with E-state index in [2.05, 4.69) is 45.9 Å². The van der Waals surface area contributed by atoms with Crippen LogP contribution in [0.4, 0.5) is 0 Å². The third-order valence-electron chi connectivity index (χ3n) is 5.86. The van der Waals surface area contributed by atoms with Crippen LogP contribution in [0.3, 0.4) is 0 Å². The topological polar surface area (TPSA) is 49.7 Å². The number of aromatic hydroxyl groups is 2. The van der Waals surface area contributed by atoms with Crippen LogP contribution in [0.2, 0.25) is 0 Å². The summed E-state index contributed by atoms with van der Waals surface area (Å²) < 4.78 is 6.01. The number of ether oxygens (including phenoxy) is 1. The van der Waals surface area contributed by atoms with E-state index in [1.165, 1.54) is 48.1 Å². The van der Waals surface area contributed by atoms with Crippen LogP contribution >= 0.6 is 0 Å². The van der Waals surface area contributed by atoms with Crippen LogP contribution in [0.15, 0.2) is 65.3 Å². The Labute approximate surface area is 174 Å². The molecule has 2 N–H and O–H groups in total. The Morgan fingerprint density at radius 2 is 1.93 bits per heavy atom. The molecule has 1 aliphatic carbocycles. The van der Waals surface area contributed by atoms with Crippen LogP contribution in [-0.2, 0) is 0 Å². The number of phenolic OH excluding ortho intramolecular Hbond substituents is 2. The molecule has 0 fully saturated rings. The van der Waals surface area contributed by atoms with E-state index >= 15 is 0 Å². The zero-order valence-corrected chi connectivity index (χ0v) is 18.1. The fourth-order valence-corrected chi connectivity index (χ4v) is 4.13. The lowest BCUT2D eigenvalue weighted by Crippen LogP contribution is -2.29. The molecule has 0 aromatic heterocycles. The van der Waals surface area contributed by atoms with E-state index in [1.807, 2.05) is 31.2 Å². The van der Waals surface area contributed by atoms with Crippen molar-refractivity contribution in [3.63, 3.8) is 0 Å². The van der Waals surface area contributed by atoms with Gasteiger partial charge in [0.1, 0.15) is 22.8 Å². The summed E-state index contributed by atoms with van der Waals surface area (Å²) in [5.74, 6) is 0.470. The van der Waals surface area contributed by atoms with Gasteiger partial charge in [0, 0.05) is 12.1 Å². The van der Waals surface area contributed by atoms with Gasteiger partial charge in [-0.1, -0.05) is 49.3 Å². The van der Waals surface area contributed by atoms with Gasteiger partial charge in [0.15, 0.2) is 0 Å². The monoisotopic (exact) mass is 392 g/mol. The summed E-state index contributed by atoms with van der Waals surface area (Å²) in [5.41, 5.74) is 4.32. The van der Waals surface area contributed by atoms with Crippen molar-refractivity contribution >= 4 is 6.08 Å². The van der Waals surface area contributed by atoms with Crippen LogP contribution in [-0.4, -0.2) is 15.8 Å². The second kappa shape index (κ2) is 7.98. The minimum Gasteiger partial charge on any atom is -0.508 e. The molecule has 1 heterocycles. The predicted octanol–water partition coefficient (Wildman–Crippen LogP) is 6.85. The fraction of sp³-hybridized carbons (Fsp3) is 0.385. The summed E-state index contributed by atoms with van der Waals surface area (Å²) in [6.45, 7) is 10.9. The Bertz CT molecular complexity index is 941. The Morgan fingerprint density at radius 3 is 2.66 bits per heavy atom. The smallest absolute Gasteiger partial charge is 0.143 e. The number of hydrogen-bond acceptors (Lipinski definition) is 3. The first kappa shape index (κ1) is 21.0. The third-order valence-corrected chi connectivity index (χ3v) is 5.86. The van der Waals surface area contributed by atoms with Gasteiger partial charge >= 0.3 is 0 Å². The number of hydrogen-bond donors (Lipinski definition) is 2. The summed E-state index contributed by atoms with van der Waals surface area (Å²) in [5, 5.41) is 19.7. The molecule has 2 aliphatic rings. The molecule has 3 nitrogen and oxygen atoms in total. The fourth-order valence-electron chi connectivity index (χ4n) is 4.13. The molecular formula is C26H32O3. The molecule has 3 rings (SSSR count). The number of fused-ring (bicyclic) bond motifs is 1. The molecule has 0 saturated carbocycles. The van der Waals surface area contributed by atoms with Gasteiger partial charge in [0.25, 0.3) is 0 Å². The standard InChI is InChI=1S/C26H32O3/c1-18(10-11-22-19(2)9-7-13-25(22,3)4)8-6-14-26(5)15-12-21-23(28)16-20(27)17-24(21)29-26/h6,8,10-12,14-17,27-28H,7,9,13H2,1-5H3. The summed E-state index contributed by atoms with van der Waals surface area (Å²) in [4.78, 5) is 0. The first-order chi connectivity index (χ1) is 13.6. The first-order valence-electron chi connectivity index (χ1n) is 10.3. The quantitative estimate of drug-likeness (QED) is 0.551. The van der Waals surface area contributed by atoms with E-state index in [0.717, 1.165) is 0 Å². The van der Waals surface area contributed by atoms with Crippen molar-refractivity contribution in [2.45, 2.75) is 59.5 Å². The molecule has 0 radical (unpaired) electrons. The number of phenols is 2. The van der Waals surface area contributed by atoms with E-state index in [4.69, 9.17) is 4.74 Å². The molecule has 0 bridgehead atoms. The van der Waals surface area contributed by atoms with E-state index in [9.17, 15) is 10.2 Å². The lowest BCUT2D eigenvalue weighted by molar-refractivity contribution is 0.187. The zero-order chi connectivity index (χ0) is 21.2. The molecule has 29 heavy (non-hydrogen) atoms. The SMILES string of the molecule is CC(C=CC1=C(C)CCCC1(C)C)=CC=CC1(C)C=Cc2c(O)cc(O)cc2O1. The van der Waals surface area contributed by atoms with Crippen molar-refractivity contribution in [2.75, 3.05) is 0 Å². The highest BCUT2D eigenvalue weighted by Crippen LogP contribution is 2.41. The number of benzene rings is 1. The van der Waals surface area contributed by atoms with E-state index in [1.54, 1.807) is 0 Å². The van der Waals surface area contributed by atoms with Gasteiger partial charge in [-0.25, -0.2) is 0 Å². The van der Waals surface area contributed by atoms with Crippen molar-refractivity contribution in [2.24, 2.45) is 5.41 Å². The van der Waals surface area contributed by atoms with Crippen molar-refractivity contribution in [3.05, 3.63) is 70.9 Å². The average Bonchev–Trinajstić information content (AvgIpc) is 2.60. The Morgan fingerprint density at radius 1 is 1.17 bits per heavy atom. The normalized spacial score (nSPS) is 24.2. The molecule has 0 amide bonds. The van der Waals surface area contributed by atoms with Crippen LogP contribution in [0, 0.1) is 5.41 Å². The second-order valence-corrected chi connectivity index (χ2v) is 9.03. The predicted molar refractivity (Wildman–Crippen MR) is 120 cm³/mol. The van der Waals surface area contributed by atoms with Crippen molar-refractivity contribution < 1.29 is 14.9 Å². The molecule has 0 spiro atoms. The maximum Gasteiger partial charge on any atom is 0.143 e. The van der Waals surface area contributed by atoms with Gasteiger partial charge < -0.3 is 14.9 Å². The molecule has 1 aliphatic heterocycles. The van der Waals surface area contributed by atoms with Crippen molar-refractivity contribution in [3.8, 4) is 17.2 Å². The largest absolute Gasteiger partial charge is 0.508 e. The molecule has 154 valence electrons. The van der Waals surface area contributed by atoms with Gasteiger partial charge in [-0.15, -0.1) is 0 Å². The molecule has 1 atom stereocenters. The lowest BCUT2D eigenvalue weighted by atomic mass is 9.72. The molecular weight excluding hydrogens is 360 g/mol. The number of allylic oxidation sites excluding steroid dienone is 7. The van der Waals surface area contributed by atoms with E-state index in [0.29, 0.717) is 11.3 Å². The van der Waals surface area contributed by atoms with Crippen molar-refractivity contribution in [1.29, 1.82) is 0 Å². The van der Waals surface area contributed by atoms with Crippen molar-refractivity contribution in [1.82, 2.24) is 0 Å². The summed E-state index contributed by atoms with van der Waals surface area (Å²) >= 11 is 0. The summed E-state index contributed by atoms with van der Waals surface area (Å²) in [6.07, 6.45) is 17.9. The molecule has 1 aromatic rings. The maximum absolute atomic E-state index is 9.95. The van der Waals surface area contributed by atoms with Gasteiger partial charge in [0.05, 0.1) is 5.56 Å². The first-order valence-corrected chi connectivity index (χ1v) is 10.3. The van der Waals surface area contributed by atoms with E-state index in [-0.39, 0.29) is 16.9 Å². The summed E-state index contributed by atoms with van der Waals surface area (Å²) in [6, 6.07) is 2.84. The minimum absolute atomic E-state index is 0.0124. The molecule has 3 heteroatoms. The van der Waals surface area contributed by atoms with Gasteiger partial charge in [-0.05, 0) is 69.2 Å². The number of rotatable bonds is 4. The molecule has 1 unspecified atom stereocenters. The average molecular weight is 393 g/mol. The van der Waals surface area contributed by atoms with Gasteiger partial charge in [-0.2, -0.15) is 0 Å². The highest BCUT2D eigenvalue weighted by atomic mass is 16.5. The Kier molecular flexibility index (Phi) is 5.79. The van der Waals surface area contributed by atoms with Gasteiger partial charge in [-0.3, -0.25) is 0 Å². The van der Waals surface area contributed by atoms with Gasteiger partial charge in [0.2, 0.25) is 0 Å². The van der Waals surface area contributed by atoms with Crippen LogP contribution in [0.25, 0.3) is 6.08 Å². The van der Waals surface area contributed by atoms with Crippen LogP contribution in [0.1, 0.15) is 59.4 Å². The summed E-state index contributed by atoms with van der Waals surface area (Å²) in [7, 11) is 0. The second-order valence-electron chi connectivity index (χ2n) is 9.03. The van der Waals surface area contributed by atoms with E-state index < -0.39 is 5.60 Å². The van der Waals surface area contributed by atoms with Crippen LogP contribution < -0.4 is 4.74 Å². The highest BCUT2D eigenvalue weighted by Gasteiger charge is 2.27. The lowest BCUT2D eigenvalue weighted by Gasteiger charge is -2.32. The molecule has 1 aromatic carbocycles. The Balaban J connectivity index is 1.72. The zero-order valence-electron chi connectivity index (χ0n) is 18.1. The third kappa shape index (κ3) is 4.84. The molecule has 0 saturated heterocycles. The maximum atomic E-state index is 9.95. The minimum atomic E-state index is -0.641. The Hall–Kier alpha value is -2.68. The van der Waals surface area contributed by atoms with Crippen LogP contribution in [0.5, 0.6) is 17.2 Å². The highest BCUT2D eigenvalue weighted by molar-refractivity contribution is 5.69.